The zero-order valence-electron chi connectivity index (χ0n) is 23.7. The topological polar surface area (TPSA) is 183 Å². The number of amides is 2. The molecule has 2 amide bonds. The highest BCUT2D eigenvalue weighted by Crippen LogP contribution is 2.38. The van der Waals surface area contributed by atoms with Crippen molar-refractivity contribution in [3.05, 3.63) is 70.1 Å². The SMILES string of the molecule is CC(NC(=O)CC(=O)Nc1ccc(C(=N)N)cc1)c1ccc(S(=O)(=O)N2CCCC2)c(-c2ccc(Cl)s2)c1.O=C(O)C(F)(F)F. The monoisotopic (exact) mass is 687 g/mol. The highest BCUT2D eigenvalue weighted by atomic mass is 35.5. The number of amidine groups is 1. The van der Waals surface area contributed by atoms with Gasteiger partial charge in [0.15, 0.2) is 0 Å². The normalized spacial score (nSPS) is 14.2. The van der Waals surface area contributed by atoms with E-state index in [2.05, 4.69) is 10.6 Å². The summed E-state index contributed by atoms with van der Waals surface area (Å²) in [6.07, 6.45) is -3.82. The number of rotatable bonds is 9. The van der Waals surface area contributed by atoms with Gasteiger partial charge in [-0.25, -0.2) is 13.2 Å². The molecule has 0 spiro atoms. The summed E-state index contributed by atoms with van der Waals surface area (Å²) in [4.78, 5) is 34.8. The number of benzene rings is 2. The maximum Gasteiger partial charge on any atom is 0.490 e. The molecule has 11 nitrogen and oxygen atoms in total. The summed E-state index contributed by atoms with van der Waals surface area (Å²) in [5.74, 6) is -3.81. The molecule has 2 aromatic carbocycles. The van der Waals surface area contributed by atoms with Crippen LogP contribution in [0.2, 0.25) is 4.34 Å². The quantitative estimate of drug-likeness (QED) is 0.119. The van der Waals surface area contributed by atoms with E-state index in [-0.39, 0.29) is 10.7 Å². The molecular weight excluding hydrogens is 659 g/mol. The van der Waals surface area contributed by atoms with Crippen molar-refractivity contribution in [1.29, 1.82) is 5.41 Å². The molecule has 1 atom stereocenters. The molecule has 0 aliphatic carbocycles. The number of alkyl halides is 3. The number of halogens is 4. The maximum atomic E-state index is 13.4. The minimum absolute atomic E-state index is 0.0803. The molecular formula is C28H29ClF3N5O6S2. The minimum Gasteiger partial charge on any atom is -0.475 e. The Morgan fingerprint density at radius 2 is 1.67 bits per heavy atom. The summed E-state index contributed by atoms with van der Waals surface area (Å²) in [6, 6.07) is 14.4. The van der Waals surface area contributed by atoms with Gasteiger partial charge in [0.1, 0.15) is 12.3 Å². The Hall–Kier alpha value is -3.99. The Bertz CT molecular complexity index is 1670. The van der Waals surface area contributed by atoms with E-state index in [9.17, 15) is 31.2 Å². The number of carbonyl (C=O) groups excluding carboxylic acids is 2. The van der Waals surface area contributed by atoms with E-state index in [4.69, 9.17) is 32.6 Å². The maximum absolute atomic E-state index is 13.4. The molecule has 1 aliphatic rings. The molecule has 45 heavy (non-hydrogen) atoms. The van der Waals surface area contributed by atoms with E-state index in [0.29, 0.717) is 44.7 Å². The van der Waals surface area contributed by atoms with Gasteiger partial charge in [-0.2, -0.15) is 17.5 Å². The number of sulfonamides is 1. The number of carboxylic acid groups (broad SMARTS) is 1. The van der Waals surface area contributed by atoms with E-state index in [1.165, 1.54) is 15.6 Å². The highest BCUT2D eigenvalue weighted by Gasteiger charge is 2.38. The average Bonchev–Trinajstić information content (AvgIpc) is 3.65. The van der Waals surface area contributed by atoms with Gasteiger partial charge in [-0.1, -0.05) is 17.7 Å². The van der Waals surface area contributed by atoms with Gasteiger partial charge in [-0.3, -0.25) is 15.0 Å². The Morgan fingerprint density at radius 1 is 1.07 bits per heavy atom. The van der Waals surface area contributed by atoms with Gasteiger partial charge in [0, 0.05) is 34.8 Å². The van der Waals surface area contributed by atoms with E-state index in [1.54, 1.807) is 61.5 Å². The Kier molecular flexibility index (Phi) is 11.7. The molecule has 242 valence electrons. The van der Waals surface area contributed by atoms with Crippen LogP contribution in [0.25, 0.3) is 10.4 Å². The van der Waals surface area contributed by atoms with Gasteiger partial charge in [0.05, 0.1) is 15.3 Å². The summed E-state index contributed by atoms with van der Waals surface area (Å²) >= 11 is 7.44. The number of carbonyl (C=O) groups is 3. The van der Waals surface area contributed by atoms with Crippen molar-refractivity contribution in [3.8, 4) is 10.4 Å². The zero-order chi connectivity index (χ0) is 33.5. The van der Waals surface area contributed by atoms with E-state index in [0.717, 1.165) is 12.8 Å². The van der Waals surface area contributed by atoms with E-state index < -0.39 is 46.4 Å². The number of nitrogens with two attached hydrogens (primary N) is 1. The molecule has 1 aliphatic heterocycles. The number of nitrogens with one attached hydrogen (secondary N) is 3. The fourth-order valence-electron chi connectivity index (χ4n) is 4.22. The van der Waals surface area contributed by atoms with Crippen LogP contribution in [0, 0.1) is 5.41 Å². The molecule has 0 saturated carbocycles. The Morgan fingerprint density at radius 3 is 2.18 bits per heavy atom. The average molecular weight is 688 g/mol. The zero-order valence-corrected chi connectivity index (χ0v) is 26.0. The third-order valence-corrected chi connectivity index (χ3v) is 9.67. The molecule has 17 heteroatoms. The van der Waals surface area contributed by atoms with Gasteiger partial charge < -0.3 is 21.5 Å². The highest BCUT2D eigenvalue weighted by molar-refractivity contribution is 7.89. The van der Waals surface area contributed by atoms with Crippen LogP contribution < -0.4 is 16.4 Å². The second-order valence-corrected chi connectivity index (χ2v) is 13.4. The largest absolute Gasteiger partial charge is 0.490 e. The number of hydrogen-bond acceptors (Lipinski definition) is 7. The lowest BCUT2D eigenvalue weighted by Gasteiger charge is -2.20. The van der Waals surface area contributed by atoms with Crippen LogP contribution in [0.4, 0.5) is 18.9 Å². The molecule has 1 unspecified atom stereocenters. The molecule has 4 rings (SSSR count). The summed E-state index contributed by atoms with van der Waals surface area (Å²) in [6.45, 7) is 2.75. The number of anilines is 1. The second kappa shape index (κ2) is 14.9. The van der Waals surface area contributed by atoms with Crippen molar-refractivity contribution in [3.63, 3.8) is 0 Å². The summed E-state index contributed by atoms with van der Waals surface area (Å²) in [7, 11) is -3.69. The van der Waals surface area contributed by atoms with Crippen LogP contribution in [-0.2, 0) is 24.4 Å². The lowest BCUT2D eigenvalue weighted by molar-refractivity contribution is -0.192. The van der Waals surface area contributed by atoms with Crippen molar-refractivity contribution >= 4 is 62.3 Å². The fraction of sp³-hybridized carbons (Fsp3) is 0.286. The predicted molar refractivity (Wildman–Crippen MR) is 164 cm³/mol. The van der Waals surface area contributed by atoms with Crippen molar-refractivity contribution in [2.24, 2.45) is 5.73 Å². The Labute approximate surface area is 265 Å². The van der Waals surface area contributed by atoms with Gasteiger partial charge >= 0.3 is 12.1 Å². The lowest BCUT2D eigenvalue weighted by atomic mass is 10.0. The standard InChI is InChI=1S/C26H28ClN5O4S2.C2HF3O2/c1-16(30-24(33)15-25(34)31-19-7-4-17(5-8-19)26(28)29)18-6-10-22(38(35,36)32-12-2-3-13-32)20(14-18)21-9-11-23(27)37-21;3-2(4,5)1(6)7/h4-11,14,16H,2-3,12-13,15H2,1H3,(H3,28,29)(H,30,33)(H,31,34);(H,6,7). The first-order valence-electron chi connectivity index (χ1n) is 13.2. The van der Waals surface area contributed by atoms with Crippen molar-refractivity contribution in [2.75, 3.05) is 18.4 Å². The van der Waals surface area contributed by atoms with Crippen LogP contribution in [-0.4, -0.2) is 60.7 Å². The van der Waals surface area contributed by atoms with Crippen LogP contribution >= 0.6 is 22.9 Å². The molecule has 2 heterocycles. The van der Waals surface area contributed by atoms with Crippen LogP contribution in [0.5, 0.6) is 0 Å². The van der Waals surface area contributed by atoms with E-state index >= 15 is 0 Å². The number of nitrogens with zero attached hydrogens (tertiary/aromatic N) is 1. The van der Waals surface area contributed by atoms with Gasteiger partial charge in [-0.15, -0.1) is 11.3 Å². The van der Waals surface area contributed by atoms with Crippen molar-refractivity contribution in [1.82, 2.24) is 9.62 Å². The third kappa shape index (κ3) is 9.75. The molecule has 6 N–H and O–H groups in total. The van der Waals surface area contributed by atoms with Gasteiger partial charge in [0.2, 0.25) is 21.8 Å². The fourth-order valence-corrected chi connectivity index (χ4v) is 7.06. The number of aliphatic carboxylic acids is 1. The molecule has 0 bridgehead atoms. The first-order chi connectivity index (χ1) is 21.0. The summed E-state index contributed by atoms with van der Waals surface area (Å²) < 4.78 is 60.5. The first kappa shape index (κ1) is 35.5. The third-order valence-electron chi connectivity index (χ3n) is 6.45. The van der Waals surface area contributed by atoms with Crippen molar-refractivity contribution in [2.45, 2.75) is 43.3 Å². The van der Waals surface area contributed by atoms with Crippen LogP contribution in [0.3, 0.4) is 0 Å². The van der Waals surface area contributed by atoms with Crippen LogP contribution in [0.1, 0.15) is 43.4 Å². The lowest BCUT2D eigenvalue weighted by Crippen LogP contribution is -2.30. The molecule has 3 aromatic rings. The number of carboxylic acids is 1. The molecule has 1 aromatic heterocycles. The minimum atomic E-state index is -5.08. The Balaban J connectivity index is 0.000000707. The van der Waals surface area contributed by atoms with E-state index in [1.807, 2.05) is 0 Å². The number of hydrogen-bond donors (Lipinski definition) is 5. The molecule has 1 fully saturated rings. The number of nitrogen functional groups attached to an aromatic ring is 1. The van der Waals surface area contributed by atoms with Gasteiger partial charge in [0.25, 0.3) is 0 Å². The second-order valence-electron chi connectivity index (χ2n) is 9.78. The predicted octanol–water partition coefficient (Wildman–Crippen LogP) is 4.98. The van der Waals surface area contributed by atoms with Gasteiger partial charge in [-0.05, 0) is 73.9 Å². The number of thiophene rings is 1. The van der Waals surface area contributed by atoms with Crippen molar-refractivity contribution < 1.29 is 41.1 Å². The first-order valence-corrected chi connectivity index (χ1v) is 15.9. The molecule has 1 saturated heterocycles. The smallest absolute Gasteiger partial charge is 0.475 e. The summed E-state index contributed by atoms with van der Waals surface area (Å²) in [5.41, 5.74) is 7.66. The van der Waals surface area contributed by atoms with Crippen LogP contribution in [0.15, 0.2) is 59.5 Å². The summed E-state index contributed by atoms with van der Waals surface area (Å²) in [5, 5.41) is 20.0. The molecule has 0 radical (unpaired) electrons.